The summed E-state index contributed by atoms with van der Waals surface area (Å²) in [6.07, 6.45) is 0.597. The SMILES string of the molecule is N=C(C(N)=O)C(=NC(N)=N[C@@H]1CCOC[C@@H]1N)Nc1ccc(Cl)c(Cl)c1. The Morgan fingerprint density at radius 1 is 1.31 bits per heavy atom. The molecule has 1 aliphatic heterocycles. The molecule has 9 nitrogen and oxygen atoms in total. The summed E-state index contributed by atoms with van der Waals surface area (Å²) in [4.78, 5) is 19.6. The number of amidine groups is 1. The van der Waals surface area contributed by atoms with Crippen molar-refractivity contribution in [1.82, 2.24) is 0 Å². The summed E-state index contributed by atoms with van der Waals surface area (Å²) >= 11 is 11.8. The third kappa shape index (κ3) is 5.40. The first kappa shape index (κ1) is 20.1. The lowest BCUT2D eigenvalue weighted by Gasteiger charge is -2.25. The molecule has 1 aliphatic rings. The van der Waals surface area contributed by atoms with Gasteiger partial charge in [-0.1, -0.05) is 23.2 Å². The van der Waals surface area contributed by atoms with E-state index in [1.165, 1.54) is 6.07 Å². The van der Waals surface area contributed by atoms with Gasteiger partial charge in [-0.25, -0.2) is 4.99 Å². The van der Waals surface area contributed by atoms with Crippen LogP contribution in [-0.2, 0) is 9.53 Å². The van der Waals surface area contributed by atoms with Crippen LogP contribution in [0.15, 0.2) is 28.2 Å². The normalized spacial score (nSPS) is 21.3. The number of carbonyl (C=O) groups excluding carboxylic acids is 1. The van der Waals surface area contributed by atoms with E-state index in [1.54, 1.807) is 12.1 Å². The number of benzene rings is 1. The van der Waals surface area contributed by atoms with Gasteiger partial charge in [0.05, 0.1) is 28.7 Å². The summed E-state index contributed by atoms with van der Waals surface area (Å²) in [5, 5.41) is 11.2. The van der Waals surface area contributed by atoms with E-state index in [9.17, 15) is 4.79 Å². The molecule has 0 spiro atoms. The van der Waals surface area contributed by atoms with Gasteiger partial charge in [0.2, 0.25) is 5.96 Å². The Bertz CT molecular complexity index is 766. The number of nitrogens with zero attached hydrogens (tertiary/aromatic N) is 2. The number of hydrogen-bond donors (Lipinski definition) is 5. The van der Waals surface area contributed by atoms with Gasteiger partial charge in [-0.15, -0.1) is 0 Å². The van der Waals surface area contributed by atoms with Crippen LogP contribution in [0.5, 0.6) is 0 Å². The number of amides is 1. The number of hydrogen-bond acceptors (Lipinski definition) is 5. The van der Waals surface area contributed by atoms with Crippen molar-refractivity contribution in [3.8, 4) is 0 Å². The highest BCUT2D eigenvalue weighted by Gasteiger charge is 2.22. The number of ether oxygens (including phenoxy) is 1. The van der Waals surface area contributed by atoms with Crippen molar-refractivity contribution in [3.63, 3.8) is 0 Å². The van der Waals surface area contributed by atoms with E-state index in [0.717, 1.165) is 0 Å². The van der Waals surface area contributed by atoms with Crippen LogP contribution in [0.2, 0.25) is 10.0 Å². The highest BCUT2D eigenvalue weighted by molar-refractivity contribution is 6.67. The summed E-state index contributed by atoms with van der Waals surface area (Å²) in [6.45, 7) is 0.890. The zero-order valence-corrected chi connectivity index (χ0v) is 15.2. The van der Waals surface area contributed by atoms with Crippen LogP contribution in [-0.4, -0.2) is 48.7 Å². The fourth-order valence-electron chi connectivity index (χ4n) is 2.20. The predicted molar refractivity (Wildman–Crippen MR) is 103 cm³/mol. The Hall–Kier alpha value is -2.20. The molecule has 1 fully saturated rings. The van der Waals surface area contributed by atoms with Crippen LogP contribution in [0.1, 0.15) is 6.42 Å². The lowest BCUT2D eigenvalue weighted by Crippen LogP contribution is -2.43. The number of nitrogens with two attached hydrogens (primary N) is 3. The summed E-state index contributed by atoms with van der Waals surface area (Å²) in [5.74, 6) is -1.29. The van der Waals surface area contributed by atoms with Crippen molar-refractivity contribution in [1.29, 1.82) is 5.41 Å². The Morgan fingerprint density at radius 3 is 2.65 bits per heavy atom. The maximum atomic E-state index is 11.4. The molecule has 0 aromatic heterocycles. The minimum Gasteiger partial charge on any atom is -0.380 e. The van der Waals surface area contributed by atoms with E-state index >= 15 is 0 Å². The van der Waals surface area contributed by atoms with Crippen LogP contribution in [0, 0.1) is 5.41 Å². The molecule has 0 radical (unpaired) electrons. The molecule has 0 saturated carbocycles. The van der Waals surface area contributed by atoms with Crippen molar-refractivity contribution < 1.29 is 9.53 Å². The minimum atomic E-state index is -0.980. The lowest BCUT2D eigenvalue weighted by molar-refractivity contribution is -0.111. The van der Waals surface area contributed by atoms with Gasteiger partial charge in [0, 0.05) is 12.3 Å². The van der Waals surface area contributed by atoms with Crippen molar-refractivity contribution >= 4 is 52.3 Å². The molecule has 0 bridgehead atoms. The summed E-state index contributed by atoms with van der Waals surface area (Å²) in [7, 11) is 0. The zero-order valence-electron chi connectivity index (χ0n) is 13.7. The highest BCUT2D eigenvalue weighted by Crippen LogP contribution is 2.25. The molecular weight excluding hydrogens is 381 g/mol. The molecular formula is C15H19Cl2N7O2. The molecule has 11 heteroatoms. The van der Waals surface area contributed by atoms with Gasteiger partial charge in [-0.2, -0.15) is 4.99 Å². The predicted octanol–water partition coefficient (Wildman–Crippen LogP) is 0.740. The minimum absolute atomic E-state index is 0.138. The van der Waals surface area contributed by atoms with E-state index in [-0.39, 0.29) is 28.9 Å². The van der Waals surface area contributed by atoms with Crippen LogP contribution >= 0.6 is 23.2 Å². The molecule has 1 aromatic rings. The van der Waals surface area contributed by atoms with Crippen LogP contribution in [0.4, 0.5) is 5.69 Å². The fraction of sp³-hybridized carbons (Fsp3) is 0.333. The summed E-state index contributed by atoms with van der Waals surface area (Å²) < 4.78 is 5.24. The van der Waals surface area contributed by atoms with Gasteiger partial charge in [-0.3, -0.25) is 10.2 Å². The molecule has 2 atom stereocenters. The average Bonchev–Trinajstić information content (AvgIpc) is 2.59. The Balaban J connectivity index is 2.27. The molecule has 26 heavy (non-hydrogen) atoms. The van der Waals surface area contributed by atoms with E-state index < -0.39 is 11.6 Å². The molecule has 0 aliphatic carbocycles. The largest absolute Gasteiger partial charge is 0.380 e. The van der Waals surface area contributed by atoms with Crippen LogP contribution in [0.3, 0.4) is 0 Å². The van der Waals surface area contributed by atoms with Crippen molar-refractivity contribution in [2.24, 2.45) is 27.2 Å². The van der Waals surface area contributed by atoms with Crippen LogP contribution < -0.4 is 22.5 Å². The molecule has 2 rings (SSSR count). The maximum Gasteiger partial charge on any atom is 0.270 e. The van der Waals surface area contributed by atoms with E-state index in [2.05, 4.69) is 15.3 Å². The van der Waals surface area contributed by atoms with Crippen LogP contribution in [0.25, 0.3) is 0 Å². The Morgan fingerprint density at radius 2 is 2.04 bits per heavy atom. The molecule has 0 unspecified atom stereocenters. The van der Waals surface area contributed by atoms with Gasteiger partial charge in [-0.05, 0) is 24.6 Å². The molecule has 1 heterocycles. The zero-order chi connectivity index (χ0) is 19.3. The van der Waals surface area contributed by atoms with E-state index in [1.807, 2.05) is 0 Å². The number of halogens is 2. The second-order valence-electron chi connectivity index (χ2n) is 5.54. The van der Waals surface area contributed by atoms with Gasteiger partial charge in [0.15, 0.2) is 11.5 Å². The van der Waals surface area contributed by atoms with Crippen molar-refractivity contribution in [2.75, 3.05) is 18.5 Å². The third-order valence-corrected chi connectivity index (χ3v) is 4.29. The molecule has 1 aromatic carbocycles. The van der Waals surface area contributed by atoms with Crippen molar-refractivity contribution in [2.45, 2.75) is 18.5 Å². The van der Waals surface area contributed by atoms with Crippen molar-refractivity contribution in [3.05, 3.63) is 28.2 Å². The topological polar surface area (TPSA) is 165 Å². The van der Waals surface area contributed by atoms with E-state index in [4.69, 9.17) is 50.5 Å². The van der Waals surface area contributed by atoms with Gasteiger partial charge in [0.1, 0.15) is 0 Å². The molecule has 1 saturated heterocycles. The maximum absolute atomic E-state index is 11.4. The second kappa shape index (κ2) is 8.95. The number of nitrogens with one attached hydrogen (secondary N) is 2. The first-order valence-electron chi connectivity index (χ1n) is 7.64. The van der Waals surface area contributed by atoms with E-state index in [0.29, 0.717) is 30.3 Å². The van der Waals surface area contributed by atoms with Gasteiger partial charge >= 0.3 is 0 Å². The number of guanidine groups is 1. The number of aliphatic imine (C=N–C) groups is 2. The fourth-order valence-corrected chi connectivity index (χ4v) is 2.49. The number of anilines is 1. The quantitative estimate of drug-likeness (QED) is 0.371. The standard InChI is InChI=1S/C15H19Cl2N7O2/c16-8-2-1-7(5-9(8)17)22-14(12(19)13(20)25)24-15(21)23-11-3-4-26-6-10(11)18/h1-2,5,10-11,19H,3-4,6,18H2,(H2,20,25)(H3,21,22,23,24)/t10-,11+/m0/s1. The number of primary amides is 1. The Kier molecular flexibility index (Phi) is 6.92. The average molecular weight is 400 g/mol. The summed E-state index contributed by atoms with van der Waals surface area (Å²) in [6, 6.07) is 4.09. The smallest absolute Gasteiger partial charge is 0.270 e. The monoisotopic (exact) mass is 399 g/mol. The van der Waals surface area contributed by atoms with Gasteiger partial charge in [0.25, 0.3) is 5.91 Å². The Labute approximate surface area is 160 Å². The lowest BCUT2D eigenvalue weighted by atomic mass is 10.1. The number of carbonyl (C=O) groups is 1. The highest BCUT2D eigenvalue weighted by atomic mass is 35.5. The first-order chi connectivity index (χ1) is 12.3. The third-order valence-electron chi connectivity index (χ3n) is 3.55. The number of rotatable bonds is 4. The first-order valence-corrected chi connectivity index (χ1v) is 8.39. The van der Waals surface area contributed by atoms with Gasteiger partial charge < -0.3 is 27.3 Å². The molecule has 8 N–H and O–H groups in total. The molecule has 1 amide bonds. The second-order valence-corrected chi connectivity index (χ2v) is 6.35. The summed E-state index contributed by atoms with van der Waals surface area (Å²) in [5.41, 5.74) is 16.8. The molecule has 140 valence electrons.